The largest absolute Gasteiger partial charge is 0.444 e. The van der Waals surface area contributed by atoms with Crippen LogP contribution in [0.4, 0.5) is 20.3 Å². The van der Waals surface area contributed by atoms with E-state index in [2.05, 4.69) is 9.97 Å². The van der Waals surface area contributed by atoms with Gasteiger partial charge in [0.2, 0.25) is 5.95 Å². The highest BCUT2D eigenvalue weighted by Gasteiger charge is 2.36. The van der Waals surface area contributed by atoms with Crippen LogP contribution in [0.1, 0.15) is 68.7 Å². The average molecular weight is 506 g/mol. The van der Waals surface area contributed by atoms with Crippen LogP contribution in [0.25, 0.3) is 11.2 Å². The van der Waals surface area contributed by atoms with Gasteiger partial charge in [0.1, 0.15) is 16.8 Å². The molecule has 2 aromatic heterocycles. The smallest absolute Gasteiger partial charge is 0.427 e. The van der Waals surface area contributed by atoms with Gasteiger partial charge in [-0.3, -0.25) is 0 Å². The van der Waals surface area contributed by atoms with Crippen LogP contribution in [0.3, 0.4) is 0 Å². The van der Waals surface area contributed by atoms with Crippen LogP contribution < -0.4 is 4.90 Å². The summed E-state index contributed by atoms with van der Waals surface area (Å²) in [5.41, 5.74) is -1.35. The molecule has 0 aliphatic rings. The first-order valence-electron chi connectivity index (χ1n) is 11.9. The van der Waals surface area contributed by atoms with Crippen molar-refractivity contribution in [2.24, 2.45) is 0 Å². The topological polar surface area (TPSA) is 116 Å². The number of carbonyl (C=O) groups excluding carboxylic acids is 3. The standard InChI is InChI=1S/C25H39N5O6/c1-23(2,3)34-20(31)28(10)15-12-16-29-17-13-11-14-26-18(17)27-19(29)30(21(32)35-24(4,5)6)22(33)36-25(7,8)9/h11,13-14H,12,15-16H2,1-10H3. The number of anilines is 1. The van der Waals surface area contributed by atoms with Crippen molar-refractivity contribution in [2.45, 2.75) is 92.1 Å². The number of nitrogens with zero attached hydrogens (tertiary/aromatic N) is 5. The van der Waals surface area contributed by atoms with Crippen molar-refractivity contribution in [1.29, 1.82) is 0 Å². The monoisotopic (exact) mass is 505 g/mol. The summed E-state index contributed by atoms with van der Waals surface area (Å²) in [5.74, 6) is 0.0205. The zero-order valence-electron chi connectivity index (χ0n) is 23.0. The van der Waals surface area contributed by atoms with Crippen molar-refractivity contribution in [2.75, 3.05) is 18.5 Å². The summed E-state index contributed by atoms with van der Waals surface area (Å²) < 4.78 is 18.1. The van der Waals surface area contributed by atoms with Crippen molar-refractivity contribution >= 4 is 35.4 Å². The summed E-state index contributed by atoms with van der Waals surface area (Å²) in [4.78, 5) is 49.7. The highest BCUT2D eigenvalue weighted by atomic mass is 16.6. The second-order valence-corrected chi connectivity index (χ2v) is 11.5. The molecule has 0 fully saturated rings. The fourth-order valence-electron chi connectivity index (χ4n) is 3.09. The molecule has 0 aliphatic carbocycles. The van der Waals surface area contributed by atoms with Crippen molar-refractivity contribution in [3.8, 4) is 0 Å². The van der Waals surface area contributed by atoms with E-state index in [0.717, 1.165) is 4.90 Å². The minimum Gasteiger partial charge on any atom is -0.444 e. The highest BCUT2D eigenvalue weighted by Crippen LogP contribution is 2.26. The molecule has 0 saturated carbocycles. The molecule has 0 radical (unpaired) electrons. The summed E-state index contributed by atoms with van der Waals surface area (Å²) in [6.07, 6.45) is -0.215. The highest BCUT2D eigenvalue weighted by molar-refractivity contribution is 6.09. The number of imidazole rings is 1. The number of pyridine rings is 1. The maximum absolute atomic E-state index is 13.2. The van der Waals surface area contributed by atoms with Crippen LogP contribution in [0.2, 0.25) is 0 Å². The molecule has 200 valence electrons. The second-order valence-electron chi connectivity index (χ2n) is 11.5. The summed E-state index contributed by atoms with van der Waals surface area (Å²) in [6, 6.07) is 3.53. The lowest BCUT2D eigenvalue weighted by Crippen LogP contribution is -2.45. The van der Waals surface area contributed by atoms with Crippen molar-refractivity contribution in [3.05, 3.63) is 18.3 Å². The van der Waals surface area contributed by atoms with E-state index in [-0.39, 0.29) is 5.95 Å². The van der Waals surface area contributed by atoms with Crippen LogP contribution in [-0.4, -0.2) is 68.1 Å². The minimum atomic E-state index is -0.917. The van der Waals surface area contributed by atoms with Gasteiger partial charge in [-0.2, -0.15) is 4.98 Å². The number of hydrogen-bond donors (Lipinski definition) is 0. The molecule has 0 unspecified atom stereocenters. The lowest BCUT2D eigenvalue weighted by molar-refractivity contribution is 0.0295. The number of amides is 3. The number of fused-ring (bicyclic) bond motifs is 1. The molecule has 0 aromatic carbocycles. The molecule has 2 rings (SSSR count). The Balaban J connectivity index is 2.41. The Kier molecular flexibility index (Phi) is 8.59. The van der Waals surface area contributed by atoms with Crippen LogP contribution in [0, 0.1) is 0 Å². The third kappa shape index (κ3) is 8.39. The normalized spacial score (nSPS) is 12.3. The number of aromatic nitrogens is 3. The first-order valence-corrected chi connectivity index (χ1v) is 11.9. The van der Waals surface area contributed by atoms with Gasteiger partial charge >= 0.3 is 18.3 Å². The molecule has 0 spiro atoms. The Morgan fingerprint density at radius 1 is 0.861 bits per heavy atom. The van der Waals surface area contributed by atoms with Gasteiger partial charge in [-0.05, 0) is 80.9 Å². The van der Waals surface area contributed by atoms with Crippen molar-refractivity contribution < 1.29 is 28.6 Å². The van der Waals surface area contributed by atoms with Crippen LogP contribution in [0.15, 0.2) is 18.3 Å². The first-order chi connectivity index (χ1) is 16.4. The van der Waals surface area contributed by atoms with Crippen molar-refractivity contribution in [1.82, 2.24) is 19.4 Å². The molecular formula is C25H39N5O6. The van der Waals surface area contributed by atoms with Crippen LogP contribution in [0.5, 0.6) is 0 Å². The maximum atomic E-state index is 13.2. The first kappa shape index (κ1) is 28.9. The van der Waals surface area contributed by atoms with Crippen LogP contribution in [-0.2, 0) is 20.8 Å². The zero-order chi connectivity index (χ0) is 27.5. The molecule has 11 nitrogen and oxygen atoms in total. The molecule has 0 atom stereocenters. The van der Waals surface area contributed by atoms with E-state index in [1.807, 2.05) is 0 Å². The van der Waals surface area contributed by atoms with E-state index >= 15 is 0 Å². The molecule has 36 heavy (non-hydrogen) atoms. The fraction of sp³-hybridized carbons (Fsp3) is 0.640. The number of imide groups is 1. The van der Waals surface area contributed by atoms with E-state index < -0.39 is 35.1 Å². The Bertz CT molecular complexity index is 1060. The number of carbonyl (C=O) groups is 3. The molecule has 0 bridgehead atoms. The van der Waals surface area contributed by atoms with Crippen molar-refractivity contribution in [3.63, 3.8) is 0 Å². The average Bonchev–Trinajstić information content (AvgIpc) is 3.02. The Morgan fingerprint density at radius 2 is 1.36 bits per heavy atom. The molecule has 11 heteroatoms. The van der Waals surface area contributed by atoms with Gasteiger partial charge in [0.15, 0.2) is 5.65 Å². The number of ether oxygens (including phenoxy) is 3. The van der Waals surface area contributed by atoms with Gasteiger partial charge in [0, 0.05) is 26.3 Å². The summed E-state index contributed by atoms with van der Waals surface area (Å²) in [5, 5.41) is 0. The van der Waals surface area contributed by atoms with Gasteiger partial charge in [0.05, 0.1) is 5.52 Å². The molecular weight excluding hydrogens is 466 g/mol. The Morgan fingerprint density at radius 3 is 1.86 bits per heavy atom. The number of hydrogen-bond acceptors (Lipinski definition) is 8. The van der Waals surface area contributed by atoms with E-state index in [1.165, 1.54) is 4.90 Å². The predicted molar refractivity (Wildman–Crippen MR) is 136 cm³/mol. The van der Waals surface area contributed by atoms with E-state index in [9.17, 15) is 14.4 Å². The molecule has 0 aliphatic heterocycles. The molecule has 2 heterocycles. The predicted octanol–water partition coefficient (Wildman–Crippen LogP) is 5.36. The Labute approximate surface area is 212 Å². The van der Waals surface area contributed by atoms with Gasteiger partial charge in [-0.25, -0.2) is 19.4 Å². The fourth-order valence-corrected chi connectivity index (χ4v) is 3.09. The van der Waals surface area contributed by atoms with Gasteiger partial charge in [0.25, 0.3) is 0 Å². The lowest BCUT2D eigenvalue weighted by Gasteiger charge is -2.28. The van der Waals surface area contributed by atoms with Gasteiger partial charge in [-0.1, -0.05) is 0 Å². The Hall–Kier alpha value is -3.37. The zero-order valence-corrected chi connectivity index (χ0v) is 23.0. The molecule has 0 N–H and O–H groups in total. The minimum absolute atomic E-state index is 0.0205. The third-order valence-corrected chi connectivity index (χ3v) is 4.44. The summed E-state index contributed by atoms with van der Waals surface area (Å²) in [6.45, 7) is 16.3. The third-order valence-electron chi connectivity index (χ3n) is 4.44. The summed E-state index contributed by atoms with van der Waals surface area (Å²) in [7, 11) is 1.65. The SMILES string of the molecule is CN(CCCn1c(N(C(=O)OC(C)(C)C)C(=O)OC(C)(C)C)nc2ncccc21)C(=O)OC(C)(C)C. The number of rotatable bonds is 5. The van der Waals surface area contributed by atoms with Crippen LogP contribution >= 0.6 is 0 Å². The van der Waals surface area contributed by atoms with E-state index in [1.54, 1.807) is 92.3 Å². The van der Waals surface area contributed by atoms with Gasteiger partial charge < -0.3 is 23.7 Å². The van der Waals surface area contributed by atoms with E-state index in [4.69, 9.17) is 14.2 Å². The second kappa shape index (κ2) is 10.7. The van der Waals surface area contributed by atoms with Gasteiger partial charge in [-0.15, -0.1) is 4.90 Å². The lowest BCUT2D eigenvalue weighted by atomic mass is 10.2. The summed E-state index contributed by atoms with van der Waals surface area (Å²) >= 11 is 0. The maximum Gasteiger partial charge on any atom is 0.427 e. The quantitative estimate of drug-likeness (QED) is 0.498. The molecule has 2 aromatic rings. The molecule has 3 amide bonds. The number of aryl methyl sites for hydroxylation is 1. The molecule has 0 saturated heterocycles. The van der Waals surface area contributed by atoms with E-state index in [0.29, 0.717) is 30.7 Å².